The highest BCUT2D eigenvalue weighted by molar-refractivity contribution is 6.30. The van der Waals surface area contributed by atoms with Gasteiger partial charge in [-0.2, -0.15) is 5.10 Å². The Morgan fingerprint density at radius 2 is 2.04 bits per heavy atom. The predicted molar refractivity (Wildman–Crippen MR) is 109 cm³/mol. The fraction of sp³-hybridized carbons (Fsp3) is 0.300. The third-order valence-electron chi connectivity index (χ3n) is 3.59. The van der Waals surface area contributed by atoms with Crippen LogP contribution in [0.3, 0.4) is 0 Å². The molecule has 0 saturated carbocycles. The van der Waals surface area contributed by atoms with Gasteiger partial charge in [-0.15, -0.1) is 0 Å². The second kappa shape index (κ2) is 9.83. The fourth-order valence-corrected chi connectivity index (χ4v) is 2.50. The molecule has 0 radical (unpaired) electrons. The fourth-order valence-electron chi connectivity index (χ4n) is 2.31. The third kappa shape index (κ3) is 6.18. The van der Waals surface area contributed by atoms with E-state index >= 15 is 0 Å². The van der Waals surface area contributed by atoms with Crippen LogP contribution < -0.4 is 14.9 Å². The number of rotatable bonds is 8. The summed E-state index contributed by atoms with van der Waals surface area (Å²) in [7, 11) is 3.39. The van der Waals surface area contributed by atoms with E-state index < -0.39 is 6.10 Å². The van der Waals surface area contributed by atoms with Crippen molar-refractivity contribution in [2.24, 2.45) is 5.10 Å². The number of hydrogen-bond acceptors (Lipinski definition) is 5. The smallest absolute Gasteiger partial charge is 0.262 e. The molecule has 0 aliphatic carbocycles. The van der Waals surface area contributed by atoms with Gasteiger partial charge in [-0.05, 0) is 55.8 Å². The van der Waals surface area contributed by atoms with E-state index in [1.165, 1.54) is 4.90 Å². The molecule has 6 nitrogen and oxygen atoms in total. The molecular weight excluding hydrogens is 366 g/mol. The van der Waals surface area contributed by atoms with Crippen molar-refractivity contribution in [1.29, 1.82) is 0 Å². The Morgan fingerprint density at radius 1 is 1.26 bits per heavy atom. The van der Waals surface area contributed by atoms with Crippen LogP contribution >= 0.6 is 11.6 Å². The van der Waals surface area contributed by atoms with Crippen LogP contribution in [0.1, 0.15) is 19.4 Å². The number of carbonyl (C=O) groups excluding carboxylic acids is 1. The van der Waals surface area contributed by atoms with E-state index in [-0.39, 0.29) is 5.91 Å². The number of likely N-dealkylation sites (N-methyl/N-ethyl adjacent to an activating group) is 1. The average Bonchev–Trinajstić information content (AvgIpc) is 2.63. The number of carbonyl (C=O) groups is 1. The van der Waals surface area contributed by atoms with Crippen molar-refractivity contribution in [3.63, 3.8) is 0 Å². The van der Waals surface area contributed by atoms with E-state index in [0.717, 1.165) is 11.3 Å². The first-order chi connectivity index (χ1) is 12.9. The molecule has 2 rings (SSSR count). The summed E-state index contributed by atoms with van der Waals surface area (Å²) in [4.78, 5) is 13.5. The van der Waals surface area contributed by atoms with Crippen molar-refractivity contribution in [1.82, 2.24) is 4.90 Å². The first-order valence-corrected chi connectivity index (χ1v) is 8.97. The molecule has 7 heteroatoms. The Bertz CT molecular complexity index is 809. The Labute approximate surface area is 164 Å². The lowest BCUT2D eigenvalue weighted by Gasteiger charge is -2.20. The number of hydrazone groups is 1. The normalized spacial score (nSPS) is 11.9. The van der Waals surface area contributed by atoms with Gasteiger partial charge in [0.2, 0.25) is 0 Å². The average molecular weight is 390 g/mol. The minimum atomic E-state index is -0.608. The topological polar surface area (TPSA) is 63.2 Å². The molecule has 0 aliphatic heterocycles. The van der Waals surface area contributed by atoms with Crippen LogP contribution in [0.4, 0.5) is 5.69 Å². The van der Waals surface area contributed by atoms with Gasteiger partial charge in [-0.3, -0.25) is 10.2 Å². The van der Waals surface area contributed by atoms with E-state index in [1.807, 2.05) is 31.2 Å². The maximum Gasteiger partial charge on any atom is 0.262 e. The van der Waals surface area contributed by atoms with E-state index in [9.17, 15) is 4.79 Å². The van der Waals surface area contributed by atoms with Crippen LogP contribution in [0, 0.1) is 0 Å². The van der Waals surface area contributed by atoms with Crippen molar-refractivity contribution in [2.75, 3.05) is 26.1 Å². The number of nitrogens with zero attached hydrogens (tertiary/aromatic N) is 2. The lowest BCUT2D eigenvalue weighted by Crippen LogP contribution is -2.35. The van der Waals surface area contributed by atoms with Crippen molar-refractivity contribution >= 4 is 29.4 Å². The molecule has 0 aromatic heterocycles. The standard InChI is InChI=1S/C20H24ClN3O3/c1-5-26-19-11-15(13-22-23-17-8-6-7-16(21)12-17)9-10-18(19)27-14(2)20(25)24(3)4/h6-14,23H,5H2,1-4H3/b22-13-/t14-/m1/s1. The second-order valence-corrected chi connectivity index (χ2v) is 6.45. The number of halogens is 1. The summed E-state index contributed by atoms with van der Waals surface area (Å²) in [5, 5.41) is 4.84. The zero-order valence-corrected chi connectivity index (χ0v) is 16.7. The van der Waals surface area contributed by atoms with Gasteiger partial charge < -0.3 is 14.4 Å². The zero-order valence-electron chi connectivity index (χ0n) is 15.9. The molecule has 0 heterocycles. The van der Waals surface area contributed by atoms with Crippen molar-refractivity contribution in [2.45, 2.75) is 20.0 Å². The number of nitrogens with one attached hydrogen (secondary N) is 1. The van der Waals surface area contributed by atoms with E-state index in [4.69, 9.17) is 21.1 Å². The highest BCUT2D eigenvalue weighted by Gasteiger charge is 2.18. The molecule has 1 N–H and O–H groups in total. The highest BCUT2D eigenvalue weighted by atomic mass is 35.5. The molecule has 0 fully saturated rings. The summed E-state index contributed by atoms with van der Waals surface area (Å²) in [5.41, 5.74) is 4.54. The van der Waals surface area contributed by atoms with Gasteiger partial charge in [0.05, 0.1) is 18.5 Å². The summed E-state index contributed by atoms with van der Waals surface area (Å²) in [6, 6.07) is 12.7. The Kier molecular flexibility index (Phi) is 7.49. The lowest BCUT2D eigenvalue weighted by atomic mass is 10.2. The molecule has 0 aliphatic rings. The predicted octanol–water partition coefficient (Wildman–Crippen LogP) is 4.04. The zero-order chi connectivity index (χ0) is 19.8. The maximum absolute atomic E-state index is 12.0. The lowest BCUT2D eigenvalue weighted by molar-refractivity contribution is -0.135. The molecule has 0 unspecified atom stereocenters. The summed E-state index contributed by atoms with van der Waals surface area (Å²) in [6.07, 6.45) is 1.06. The van der Waals surface area contributed by atoms with Gasteiger partial charge in [0.15, 0.2) is 17.6 Å². The summed E-state index contributed by atoms with van der Waals surface area (Å²) < 4.78 is 11.4. The van der Waals surface area contributed by atoms with Crippen LogP contribution in [0.25, 0.3) is 0 Å². The number of benzene rings is 2. The van der Waals surface area contributed by atoms with Gasteiger partial charge in [-0.25, -0.2) is 0 Å². The molecule has 1 atom stereocenters. The van der Waals surface area contributed by atoms with E-state index in [1.54, 1.807) is 45.4 Å². The molecule has 2 aromatic carbocycles. The second-order valence-electron chi connectivity index (χ2n) is 6.01. The number of anilines is 1. The Balaban J connectivity index is 2.11. The van der Waals surface area contributed by atoms with Gasteiger partial charge in [0, 0.05) is 19.1 Å². The SMILES string of the molecule is CCOc1cc(/C=N\Nc2cccc(Cl)c2)ccc1O[C@H](C)C(=O)N(C)C. The molecule has 27 heavy (non-hydrogen) atoms. The Morgan fingerprint density at radius 3 is 2.70 bits per heavy atom. The minimum Gasteiger partial charge on any atom is -0.490 e. The summed E-state index contributed by atoms with van der Waals surface area (Å²) >= 11 is 5.95. The first kappa shape index (κ1) is 20.6. The summed E-state index contributed by atoms with van der Waals surface area (Å²) in [5.74, 6) is 0.955. The monoisotopic (exact) mass is 389 g/mol. The van der Waals surface area contributed by atoms with Crippen LogP contribution in [0.15, 0.2) is 47.6 Å². The Hall–Kier alpha value is -2.73. The van der Waals surface area contributed by atoms with Gasteiger partial charge >= 0.3 is 0 Å². The van der Waals surface area contributed by atoms with Crippen molar-refractivity contribution in [3.05, 3.63) is 53.1 Å². The van der Waals surface area contributed by atoms with E-state index in [2.05, 4.69) is 10.5 Å². The van der Waals surface area contributed by atoms with Crippen LogP contribution in [0.2, 0.25) is 5.02 Å². The summed E-state index contributed by atoms with van der Waals surface area (Å²) in [6.45, 7) is 4.08. The van der Waals surface area contributed by atoms with Crippen molar-refractivity contribution in [3.8, 4) is 11.5 Å². The van der Waals surface area contributed by atoms with Gasteiger partial charge in [-0.1, -0.05) is 17.7 Å². The van der Waals surface area contributed by atoms with Crippen LogP contribution in [0.5, 0.6) is 11.5 Å². The molecule has 1 amide bonds. The maximum atomic E-state index is 12.0. The molecule has 0 bridgehead atoms. The first-order valence-electron chi connectivity index (χ1n) is 8.60. The van der Waals surface area contributed by atoms with Crippen molar-refractivity contribution < 1.29 is 14.3 Å². The number of amides is 1. The molecule has 0 spiro atoms. The quantitative estimate of drug-likeness (QED) is 0.546. The number of ether oxygens (including phenoxy) is 2. The molecule has 0 saturated heterocycles. The largest absolute Gasteiger partial charge is 0.490 e. The molecular formula is C20H24ClN3O3. The molecule has 2 aromatic rings. The van der Waals surface area contributed by atoms with E-state index in [0.29, 0.717) is 23.1 Å². The van der Waals surface area contributed by atoms with Crippen LogP contribution in [-0.2, 0) is 4.79 Å². The third-order valence-corrected chi connectivity index (χ3v) is 3.83. The number of hydrogen-bond donors (Lipinski definition) is 1. The minimum absolute atomic E-state index is 0.117. The van der Waals surface area contributed by atoms with Crippen LogP contribution in [-0.4, -0.2) is 43.8 Å². The van der Waals surface area contributed by atoms with Gasteiger partial charge in [0.1, 0.15) is 0 Å². The van der Waals surface area contributed by atoms with Gasteiger partial charge in [0.25, 0.3) is 5.91 Å². The molecule has 144 valence electrons. The highest BCUT2D eigenvalue weighted by Crippen LogP contribution is 2.29.